The Morgan fingerprint density at radius 3 is 2.32 bits per heavy atom. The zero-order valence-electron chi connectivity index (χ0n) is 9.36. The number of hydrogen-bond acceptors (Lipinski definition) is 3. The predicted molar refractivity (Wildman–Crippen MR) is 67.8 cm³/mol. The normalized spacial score (nSPS) is 11.1. The molecule has 0 spiro atoms. The fourth-order valence-corrected chi connectivity index (χ4v) is 1.52. The van der Waals surface area contributed by atoms with Gasteiger partial charge in [-0.1, -0.05) is 5.16 Å². The number of hydrogen-bond donors (Lipinski definition) is 2. The average Bonchev–Trinajstić information content (AvgIpc) is 2.81. The molecule has 1 aromatic heterocycles. The number of halogens is 3. The molecule has 4 nitrogen and oxygen atoms in total. The molecule has 19 heavy (non-hydrogen) atoms. The monoisotopic (exact) mass is 287 g/mol. The molecule has 0 bridgehead atoms. The van der Waals surface area contributed by atoms with Gasteiger partial charge in [0, 0.05) is 11.8 Å². The van der Waals surface area contributed by atoms with Gasteiger partial charge in [-0.2, -0.15) is 13.2 Å². The lowest BCUT2D eigenvalue weighted by molar-refractivity contribution is -0.137. The van der Waals surface area contributed by atoms with Crippen LogP contribution in [0.25, 0.3) is 0 Å². The van der Waals surface area contributed by atoms with E-state index >= 15 is 0 Å². The summed E-state index contributed by atoms with van der Waals surface area (Å²) in [7, 11) is 0. The van der Waals surface area contributed by atoms with Gasteiger partial charge in [0.05, 0.1) is 5.56 Å². The third kappa shape index (κ3) is 3.68. The first-order valence-corrected chi connectivity index (χ1v) is 5.51. The topological polar surface area (TPSA) is 50.1 Å². The maximum Gasteiger partial charge on any atom is 0.416 e. The van der Waals surface area contributed by atoms with Crippen molar-refractivity contribution in [2.45, 2.75) is 6.18 Å². The highest BCUT2D eigenvalue weighted by Gasteiger charge is 2.29. The largest absolute Gasteiger partial charge is 0.416 e. The van der Waals surface area contributed by atoms with Crippen molar-refractivity contribution in [3.63, 3.8) is 0 Å². The van der Waals surface area contributed by atoms with Crippen LogP contribution in [0.15, 0.2) is 41.1 Å². The summed E-state index contributed by atoms with van der Waals surface area (Å²) in [6.07, 6.45) is -2.99. The third-order valence-corrected chi connectivity index (χ3v) is 2.35. The predicted octanol–water partition coefficient (Wildman–Crippen LogP) is 3.50. The fourth-order valence-electron chi connectivity index (χ4n) is 1.30. The van der Waals surface area contributed by atoms with E-state index in [2.05, 4.69) is 20.3 Å². The molecule has 100 valence electrons. The first-order valence-electron chi connectivity index (χ1n) is 5.11. The minimum Gasteiger partial charge on any atom is -0.363 e. The second kappa shape index (κ2) is 5.27. The molecule has 0 aliphatic rings. The first-order chi connectivity index (χ1) is 8.95. The van der Waals surface area contributed by atoms with Crippen LogP contribution in [0.4, 0.5) is 24.7 Å². The van der Waals surface area contributed by atoms with E-state index in [4.69, 9.17) is 12.2 Å². The van der Waals surface area contributed by atoms with Crippen molar-refractivity contribution < 1.29 is 17.7 Å². The number of thiocarbonyl (C=S) groups is 1. The molecule has 0 atom stereocenters. The highest BCUT2D eigenvalue weighted by atomic mass is 32.1. The van der Waals surface area contributed by atoms with Crippen LogP contribution < -0.4 is 10.6 Å². The van der Waals surface area contributed by atoms with Gasteiger partial charge in [-0.05, 0) is 36.5 Å². The lowest BCUT2D eigenvalue weighted by Crippen LogP contribution is -2.19. The van der Waals surface area contributed by atoms with E-state index < -0.39 is 11.7 Å². The minimum atomic E-state index is -4.35. The lowest BCUT2D eigenvalue weighted by atomic mass is 10.2. The molecule has 0 unspecified atom stereocenters. The van der Waals surface area contributed by atoms with E-state index in [-0.39, 0.29) is 5.11 Å². The van der Waals surface area contributed by atoms with E-state index in [0.717, 1.165) is 12.1 Å². The number of nitrogens with zero attached hydrogens (tertiary/aromatic N) is 1. The van der Waals surface area contributed by atoms with Crippen LogP contribution in [0, 0.1) is 0 Å². The Balaban J connectivity index is 1.98. The Kier molecular flexibility index (Phi) is 3.70. The second-order valence-corrected chi connectivity index (χ2v) is 3.95. The standard InChI is InChI=1S/C11H8F3N3OS/c12-11(13,14)7-1-3-8(4-2-7)15-10(19)16-9-5-6-18-17-9/h1-6H,(H2,15,16,17,19). The number of aromatic nitrogens is 1. The molecule has 0 amide bonds. The molecule has 8 heteroatoms. The summed E-state index contributed by atoms with van der Waals surface area (Å²) in [6, 6.07) is 6.09. The molecule has 0 radical (unpaired) electrons. The molecular weight excluding hydrogens is 279 g/mol. The van der Waals surface area contributed by atoms with E-state index in [1.165, 1.54) is 18.4 Å². The smallest absolute Gasteiger partial charge is 0.363 e. The Morgan fingerprint density at radius 1 is 1.11 bits per heavy atom. The van der Waals surface area contributed by atoms with E-state index in [1.54, 1.807) is 6.07 Å². The molecule has 0 fully saturated rings. The summed E-state index contributed by atoms with van der Waals surface area (Å²) in [5.41, 5.74) is -0.276. The summed E-state index contributed by atoms with van der Waals surface area (Å²) in [5.74, 6) is 0.407. The molecule has 2 aromatic rings. The second-order valence-electron chi connectivity index (χ2n) is 3.54. The third-order valence-electron chi connectivity index (χ3n) is 2.15. The summed E-state index contributed by atoms with van der Waals surface area (Å²) in [4.78, 5) is 0. The maximum atomic E-state index is 12.4. The molecule has 2 N–H and O–H groups in total. The van der Waals surface area contributed by atoms with Gasteiger partial charge in [0.25, 0.3) is 0 Å². The summed E-state index contributed by atoms with van der Waals surface area (Å²) < 4.78 is 41.7. The van der Waals surface area contributed by atoms with Crippen LogP contribution in [0.1, 0.15) is 5.56 Å². The molecule has 0 aliphatic heterocycles. The lowest BCUT2D eigenvalue weighted by Gasteiger charge is -2.10. The summed E-state index contributed by atoms with van der Waals surface area (Å²) in [5, 5.41) is 9.22. The number of nitrogens with one attached hydrogen (secondary N) is 2. The van der Waals surface area contributed by atoms with Gasteiger partial charge < -0.3 is 15.2 Å². The zero-order valence-corrected chi connectivity index (χ0v) is 10.2. The highest BCUT2D eigenvalue weighted by molar-refractivity contribution is 7.80. The number of benzene rings is 1. The van der Waals surface area contributed by atoms with Crippen molar-refractivity contribution in [2.75, 3.05) is 10.6 Å². The molecule has 0 saturated heterocycles. The van der Waals surface area contributed by atoms with Gasteiger partial charge in [-0.15, -0.1) is 0 Å². The van der Waals surface area contributed by atoms with E-state index in [0.29, 0.717) is 11.5 Å². The average molecular weight is 287 g/mol. The van der Waals surface area contributed by atoms with Gasteiger partial charge >= 0.3 is 6.18 Å². The SMILES string of the molecule is FC(F)(F)c1ccc(NC(=S)Nc2ccon2)cc1. The van der Waals surface area contributed by atoms with Crippen LogP contribution in [0.2, 0.25) is 0 Å². The Morgan fingerprint density at radius 2 is 1.79 bits per heavy atom. The van der Waals surface area contributed by atoms with Crippen LogP contribution in [-0.2, 0) is 6.18 Å². The van der Waals surface area contributed by atoms with E-state index in [9.17, 15) is 13.2 Å². The Labute approximate surface area is 111 Å². The fraction of sp³-hybridized carbons (Fsp3) is 0.0909. The van der Waals surface area contributed by atoms with Crippen LogP contribution in [0.3, 0.4) is 0 Å². The highest BCUT2D eigenvalue weighted by Crippen LogP contribution is 2.29. The van der Waals surface area contributed by atoms with Gasteiger partial charge in [0.15, 0.2) is 10.9 Å². The minimum absolute atomic E-state index is 0.202. The Bertz CT molecular complexity index is 552. The zero-order chi connectivity index (χ0) is 13.9. The number of anilines is 2. The van der Waals surface area contributed by atoms with Gasteiger partial charge in [-0.25, -0.2) is 0 Å². The van der Waals surface area contributed by atoms with Crippen molar-refractivity contribution in [3.8, 4) is 0 Å². The first kappa shape index (κ1) is 13.3. The number of alkyl halides is 3. The quantitative estimate of drug-likeness (QED) is 0.828. The molecule has 1 heterocycles. The summed E-state index contributed by atoms with van der Waals surface area (Å²) >= 11 is 4.96. The molecule has 1 aromatic carbocycles. The van der Waals surface area contributed by atoms with Crippen LogP contribution >= 0.6 is 12.2 Å². The molecule has 0 saturated carbocycles. The molecule has 2 rings (SSSR count). The van der Waals surface area contributed by atoms with Crippen molar-refractivity contribution in [3.05, 3.63) is 42.2 Å². The van der Waals surface area contributed by atoms with E-state index in [1.807, 2.05) is 0 Å². The van der Waals surface area contributed by atoms with Crippen molar-refractivity contribution in [2.24, 2.45) is 0 Å². The van der Waals surface area contributed by atoms with Crippen LogP contribution in [0.5, 0.6) is 0 Å². The molecule has 0 aliphatic carbocycles. The van der Waals surface area contributed by atoms with Crippen LogP contribution in [-0.4, -0.2) is 10.3 Å². The summed E-state index contributed by atoms with van der Waals surface area (Å²) in [6.45, 7) is 0. The Hall–Kier alpha value is -2.09. The van der Waals surface area contributed by atoms with Crippen molar-refractivity contribution in [1.29, 1.82) is 0 Å². The van der Waals surface area contributed by atoms with Gasteiger partial charge in [0.2, 0.25) is 0 Å². The van der Waals surface area contributed by atoms with Gasteiger partial charge in [-0.3, -0.25) is 0 Å². The number of rotatable bonds is 2. The molecular formula is C11H8F3N3OS. The van der Waals surface area contributed by atoms with Crippen molar-refractivity contribution >= 4 is 28.8 Å². The van der Waals surface area contributed by atoms with Gasteiger partial charge in [0.1, 0.15) is 6.26 Å². The maximum absolute atomic E-state index is 12.4. The van der Waals surface area contributed by atoms with Crippen molar-refractivity contribution in [1.82, 2.24) is 5.16 Å².